The van der Waals surface area contributed by atoms with Crippen molar-refractivity contribution in [2.24, 2.45) is 5.73 Å². The van der Waals surface area contributed by atoms with E-state index >= 15 is 0 Å². The fourth-order valence-electron chi connectivity index (χ4n) is 0.425. The molecule has 1 unspecified atom stereocenters. The van der Waals surface area contributed by atoms with Gasteiger partial charge in [-0.25, -0.2) is 9.59 Å². The van der Waals surface area contributed by atoms with Crippen molar-refractivity contribution >= 4 is 11.9 Å². The lowest BCUT2D eigenvalue weighted by molar-refractivity contribution is -0.142. The van der Waals surface area contributed by atoms with Gasteiger partial charge in [0.15, 0.2) is 0 Å². The SMILES string of the molecule is CC(CN)OC(=O)C=CC(=O)O. The Hall–Kier alpha value is -1.36. The van der Waals surface area contributed by atoms with E-state index in [0.29, 0.717) is 6.08 Å². The molecule has 0 bridgehead atoms. The van der Waals surface area contributed by atoms with Crippen LogP contribution in [0.2, 0.25) is 0 Å². The molecule has 3 N–H and O–H groups in total. The van der Waals surface area contributed by atoms with Gasteiger partial charge >= 0.3 is 11.9 Å². The predicted octanol–water partition coefficient (Wildman–Crippen LogP) is -0.482. The first kappa shape index (κ1) is 10.6. The number of carbonyl (C=O) groups is 2. The van der Waals surface area contributed by atoms with Crippen LogP contribution in [-0.2, 0) is 14.3 Å². The van der Waals surface area contributed by atoms with Gasteiger partial charge in [-0.3, -0.25) is 0 Å². The van der Waals surface area contributed by atoms with E-state index in [1.54, 1.807) is 6.92 Å². The van der Waals surface area contributed by atoms with Crippen LogP contribution >= 0.6 is 0 Å². The van der Waals surface area contributed by atoms with E-state index in [9.17, 15) is 9.59 Å². The summed E-state index contributed by atoms with van der Waals surface area (Å²) in [7, 11) is 0. The number of carboxylic acid groups (broad SMARTS) is 1. The maximum absolute atomic E-state index is 10.7. The quantitative estimate of drug-likeness (QED) is 0.442. The normalized spacial score (nSPS) is 12.8. The lowest BCUT2D eigenvalue weighted by Gasteiger charge is -2.07. The maximum Gasteiger partial charge on any atom is 0.331 e. The molecular formula is C7H11NO4. The van der Waals surface area contributed by atoms with Gasteiger partial charge in [0.05, 0.1) is 0 Å². The molecule has 0 aliphatic rings. The number of aliphatic carboxylic acids is 1. The number of carbonyl (C=O) groups excluding carboxylic acids is 1. The molecular weight excluding hydrogens is 162 g/mol. The smallest absolute Gasteiger partial charge is 0.331 e. The molecule has 5 heteroatoms. The second-order valence-corrected chi connectivity index (χ2v) is 2.15. The fourth-order valence-corrected chi connectivity index (χ4v) is 0.425. The van der Waals surface area contributed by atoms with E-state index in [1.165, 1.54) is 0 Å². The van der Waals surface area contributed by atoms with Crippen molar-refractivity contribution in [2.45, 2.75) is 13.0 Å². The minimum Gasteiger partial charge on any atom is -0.478 e. The standard InChI is InChI=1S/C7H11NO4/c1-5(4-8)12-7(11)3-2-6(9)10/h2-3,5H,4,8H2,1H3,(H,9,10). The molecule has 0 heterocycles. The van der Waals surface area contributed by atoms with Gasteiger partial charge in [-0.2, -0.15) is 0 Å². The van der Waals surface area contributed by atoms with Gasteiger partial charge in [-0.1, -0.05) is 0 Å². The molecule has 0 saturated carbocycles. The molecule has 0 amide bonds. The van der Waals surface area contributed by atoms with Gasteiger partial charge in [-0.15, -0.1) is 0 Å². The summed E-state index contributed by atoms with van der Waals surface area (Å²) >= 11 is 0. The van der Waals surface area contributed by atoms with Crippen molar-refractivity contribution in [3.05, 3.63) is 12.2 Å². The van der Waals surface area contributed by atoms with E-state index in [-0.39, 0.29) is 6.54 Å². The molecule has 0 aromatic heterocycles. The number of rotatable bonds is 4. The van der Waals surface area contributed by atoms with Crippen molar-refractivity contribution in [3.63, 3.8) is 0 Å². The monoisotopic (exact) mass is 173 g/mol. The van der Waals surface area contributed by atoms with Crippen molar-refractivity contribution in [2.75, 3.05) is 6.54 Å². The average Bonchev–Trinajstić information content (AvgIpc) is 2.00. The Kier molecular flexibility index (Phi) is 4.71. The molecule has 1 atom stereocenters. The summed E-state index contributed by atoms with van der Waals surface area (Å²) in [5, 5.41) is 8.13. The predicted molar refractivity (Wildman–Crippen MR) is 41.4 cm³/mol. The van der Waals surface area contributed by atoms with Gasteiger partial charge in [-0.05, 0) is 6.92 Å². The highest BCUT2D eigenvalue weighted by molar-refractivity contribution is 5.90. The molecule has 0 saturated heterocycles. The number of nitrogens with two attached hydrogens (primary N) is 1. The van der Waals surface area contributed by atoms with Crippen LogP contribution in [0.25, 0.3) is 0 Å². The summed E-state index contributed by atoms with van der Waals surface area (Å²) in [6, 6.07) is 0. The molecule has 0 aliphatic carbocycles. The highest BCUT2D eigenvalue weighted by atomic mass is 16.5. The van der Waals surface area contributed by atoms with Crippen molar-refractivity contribution in [1.82, 2.24) is 0 Å². The second-order valence-electron chi connectivity index (χ2n) is 2.15. The third-order valence-corrected chi connectivity index (χ3v) is 1.01. The van der Waals surface area contributed by atoms with Gasteiger partial charge in [0.1, 0.15) is 6.10 Å². The molecule has 12 heavy (non-hydrogen) atoms. The minimum atomic E-state index is -1.19. The fraction of sp³-hybridized carbons (Fsp3) is 0.429. The zero-order valence-electron chi connectivity index (χ0n) is 6.69. The highest BCUT2D eigenvalue weighted by Crippen LogP contribution is 1.89. The Labute approximate surface area is 69.8 Å². The Morgan fingerprint density at radius 3 is 2.58 bits per heavy atom. The van der Waals surface area contributed by atoms with Gasteiger partial charge in [0.25, 0.3) is 0 Å². The van der Waals surface area contributed by atoms with E-state index in [0.717, 1.165) is 6.08 Å². The van der Waals surface area contributed by atoms with Gasteiger partial charge in [0, 0.05) is 18.7 Å². The van der Waals surface area contributed by atoms with E-state index in [1.807, 2.05) is 0 Å². The number of ether oxygens (including phenoxy) is 1. The van der Waals surface area contributed by atoms with Crippen LogP contribution < -0.4 is 5.73 Å². The summed E-state index contributed by atoms with van der Waals surface area (Å²) in [5.41, 5.74) is 5.16. The molecule has 0 rings (SSSR count). The number of hydrogen-bond acceptors (Lipinski definition) is 4. The second kappa shape index (κ2) is 5.31. The molecule has 0 aliphatic heterocycles. The number of hydrogen-bond donors (Lipinski definition) is 2. The largest absolute Gasteiger partial charge is 0.478 e. The zero-order valence-corrected chi connectivity index (χ0v) is 6.69. The first-order valence-corrected chi connectivity index (χ1v) is 3.38. The molecule has 0 spiro atoms. The van der Waals surface area contributed by atoms with Crippen LogP contribution in [0, 0.1) is 0 Å². The first-order chi connectivity index (χ1) is 5.56. The third-order valence-electron chi connectivity index (χ3n) is 1.01. The Balaban J connectivity index is 3.81. The van der Waals surface area contributed by atoms with E-state index in [2.05, 4.69) is 4.74 Å². The average molecular weight is 173 g/mol. The number of carboxylic acids is 1. The lowest BCUT2D eigenvalue weighted by Crippen LogP contribution is -2.22. The van der Waals surface area contributed by atoms with Crippen LogP contribution in [0.5, 0.6) is 0 Å². The summed E-state index contributed by atoms with van der Waals surface area (Å²) in [5.74, 6) is -1.89. The van der Waals surface area contributed by atoms with Crippen molar-refractivity contribution in [1.29, 1.82) is 0 Å². The van der Waals surface area contributed by atoms with Crippen LogP contribution in [-0.4, -0.2) is 29.7 Å². The van der Waals surface area contributed by atoms with Crippen molar-refractivity contribution < 1.29 is 19.4 Å². The van der Waals surface area contributed by atoms with Gasteiger partial charge < -0.3 is 15.6 Å². The van der Waals surface area contributed by atoms with Crippen LogP contribution in [0.1, 0.15) is 6.92 Å². The molecule has 68 valence electrons. The van der Waals surface area contributed by atoms with E-state index in [4.69, 9.17) is 10.8 Å². The van der Waals surface area contributed by atoms with E-state index < -0.39 is 18.0 Å². The van der Waals surface area contributed by atoms with Crippen LogP contribution in [0.3, 0.4) is 0 Å². The zero-order chi connectivity index (χ0) is 9.56. The number of esters is 1. The summed E-state index contributed by atoms with van der Waals surface area (Å²) in [6.45, 7) is 1.83. The van der Waals surface area contributed by atoms with Gasteiger partial charge in [0.2, 0.25) is 0 Å². The summed E-state index contributed by atoms with van der Waals surface area (Å²) in [6.07, 6.45) is 1.16. The minimum absolute atomic E-state index is 0.215. The Bertz CT molecular complexity index is 200. The first-order valence-electron chi connectivity index (χ1n) is 3.38. The Morgan fingerprint density at radius 2 is 2.17 bits per heavy atom. The highest BCUT2D eigenvalue weighted by Gasteiger charge is 2.03. The van der Waals surface area contributed by atoms with Crippen LogP contribution in [0.15, 0.2) is 12.2 Å². The van der Waals surface area contributed by atoms with Crippen molar-refractivity contribution in [3.8, 4) is 0 Å². The molecule has 0 aromatic carbocycles. The maximum atomic E-state index is 10.7. The third kappa shape index (κ3) is 5.43. The molecule has 5 nitrogen and oxygen atoms in total. The lowest BCUT2D eigenvalue weighted by atomic mass is 10.4. The van der Waals surface area contributed by atoms with Crippen LogP contribution in [0.4, 0.5) is 0 Å². The summed E-state index contributed by atoms with van der Waals surface area (Å²) in [4.78, 5) is 20.6. The summed E-state index contributed by atoms with van der Waals surface area (Å²) < 4.78 is 4.64. The topological polar surface area (TPSA) is 89.6 Å². The molecule has 0 radical (unpaired) electrons. The molecule has 0 aromatic rings. The Morgan fingerprint density at radius 1 is 1.58 bits per heavy atom. The molecule has 0 fully saturated rings.